The minimum Gasteiger partial charge on any atom is -0.317 e. The van der Waals surface area contributed by atoms with E-state index in [2.05, 4.69) is 32.6 Å². The van der Waals surface area contributed by atoms with E-state index >= 15 is 0 Å². The summed E-state index contributed by atoms with van der Waals surface area (Å²) in [6.07, 6.45) is 0.695. The van der Waals surface area contributed by atoms with E-state index in [1.165, 1.54) is 5.56 Å². The largest absolute Gasteiger partial charge is 0.317 e. The predicted octanol–water partition coefficient (Wildman–Crippen LogP) is 4.42. The number of hydrogen-bond acceptors (Lipinski definition) is 4. The Morgan fingerprint density at radius 2 is 1.96 bits per heavy atom. The van der Waals surface area contributed by atoms with E-state index in [1.807, 2.05) is 52.0 Å². The van der Waals surface area contributed by atoms with Crippen LogP contribution in [0, 0.1) is 12.3 Å². The molecule has 0 unspecified atom stereocenters. The Morgan fingerprint density at radius 3 is 2.64 bits per heavy atom. The number of aromatic nitrogens is 3. The van der Waals surface area contributed by atoms with Crippen molar-refractivity contribution in [3.05, 3.63) is 52.7 Å². The van der Waals surface area contributed by atoms with Crippen molar-refractivity contribution in [1.82, 2.24) is 15.2 Å². The molecular weight excluding hydrogens is 332 g/mol. The molecule has 3 rings (SSSR count). The fourth-order valence-corrected chi connectivity index (χ4v) is 3.25. The summed E-state index contributed by atoms with van der Waals surface area (Å²) in [6, 6.07) is 12.1. The maximum atomic E-state index is 12.3. The standard InChI is InChI=1S/C19H22N4OS/c1-12-10-14(17(25-12)21-18(24)19(2,3)4)16-20-15(22-23-16)11-13-8-6-5-7-9-13/h5-10H,11H2,1-4H3,(H,21,24)(H,20,22,23). The second-order valence-corrected chi connectivity index (χ2v) is 8.33. The number of hydrogen-bond donors (Lipinski definition) is 2. The van der Waals surface area contributed by atoms with Gasteiger partial charge in [-0.15, -0.1) is 11.3 Å². The first-order valence-corrected chi connectivity index (χ1v) is 9.02. The van der Waals surface area contributed by atoms with E-state index in [0.717, 1.165) is 21.3 Å². The number of thiophene rings is 1. The SMILES string of the molecule is Cc1cc(-c2n[nH]c(Cc3ccccc3)n2)c(NC(=O)C(C)(C)C)s1. The molecule has 0 radical (unpaired) electrons. The van der Waals surface area contributed by atoms with E-state index < -0.39 is 5.41 Å². The lowest BCUT2D eigenvalue weighted by Crippen LogP contribution is -2.27. The second-order valence-electron chi connectivity index (χ2n) is 7.07. The minimum absolute atomic E-state index is 0.0179. The quantitative estimate of drug-likeness (QED) is 0.729. The van der Waals surface area contributed by atoms with Gasteiger partial charge in [0.05, 0.1) is 5.56 Å². The van der Waals surface area contributed by atoms with Crippen LogP contribution >= 0.6 is 11.3 Å². The van der Waals surface area contributed by atoms with Crippen LogP contribution in [0.25, 0.3) is 11.4 Å². The van der Waals surface area contributed by atoms with Crippen molar-refractivity contribution in [1.29, 1.82) is 0 Å². The maximum absolute atomic E-state index is 12.3. The van der Waals surface area contributed by atoms with E-state index in [0.29, 0.717) is 12.2 Å². The summed E-state index contributed by atoms with van der Waals surface area (Å²) in [4.78, 5) is 18.0. The minimum atomic E-state index is -0.452. The number of nitrogens with zero attached hydrogens (tertiary/aromatic N) is 2. The summed E-state index contributed by atoms with van der Waals surface area (Å²) >= 11 is 1.54. The lowest BCUT2D eigenvalue weighted by atomic mass is 9.96. The van der Waals surface area contributed by atoms with Gasteiger partial charge in [0.1, 0.15) is 10.8 Å². The van der Waals surface area contributed by atoms with E-state index in [9.17, 15) is 4.79 Å². The van der Waals surface area contributed by atoms with Crippen molar-refractivity contribution in [3.63, 3.8) is 0 Å². The number of carbonyl (C=O) groups is 1. The van der Waals surface area contributed by atoms with Crippen LogP contribution in [0.2, 0.25) is 0 Å². The van der Waals surface area contributed by atoms with Crippen LogP contribution in [0.15, 0.2) is 36.4 Å². The van der Waals surface area contributed by atoms with Gasteiger partial charge in [-0.3, -0.25) is 9.89 Å². The van der Waals surface area contributed by atoms with Crippen molar-refractivity contribution in [2.45, 2.75) is 34.1 Å². The molecule has 5 nitrogen and oxygen atoms in total. The Balaban J connectivity index is 1.84. The molecule has 6 heteroatoms. The Kier molecular flexibility index (Phi) is 4.72. The molecule has 2 aromatic heterocycles. The number of anilines is 1. The molecule has 1 amide bonds. The first-order chi connectivity index (χ1) is 11.8. The Bertz CT molecular complexity index is 874. The van der Waals surface area contributed by atoms with Crippen LogP contribution in [0.4, 0.5) is 5.00 Å². The second kappa shape index (κ2) is 6.80. The van der Waals surface area contributed by atoms with Crippen molar-refractivity contribution >= 4 is 22.2 Å². The van der Waals surface area contributed by atoms with Gasteiger partial charge < -0.3 is 5.32 Å². The van der Waals surface area contributed by atoms with Gasteiger partial charge in [0, 0.05) is 16.7 Å². The van der Waals surface area contributed by atoms with Gasteiger partial charge in [-0.25, -0.2) is 4.98 Å². The smallest absolute Gasteiger partial charge is 0.230 e. The zero-order valence-electron chi connectivity index (χ0n) is 14.9. The summed E-state index contributed by atoms with van der Waals surface area (Å²) < 4.78 is 0. The number of rotatable bonds is 4. The van der Waals surface area contributed by atoms with E-state index in [1.54, 1.807) is 11.3 Å². The van der Waals surface area contributed by atoms with Gasteiger partial charge in [-0.2, -0.15) is 5.10 Å². The van der Waals surface area contributed by atoms with E-state index in [4.69, 9.17) is 0 Å². The molecule has 0 atom stereocenters. The summed E-state index contributed by atoms with van der Waals surface area (Å²) in [6.45, 7) is 7.70. The van der Waals surface area contributed by atoms with Crippen LogP contribution < -0.4 is 5.32 Å². The number of amides is 1. The van der Waals surface area contributed by atoms with Crippen molar-refractivity contribution in [2.24, 2.45) is 5.41 Å². The molecule has 3 aromatic rings. The summed E-state index contributed by atoms with van der Waals surface area (Å²) in [5.41, 5.74) is 1.58. The highest BCUT2D eigenvalue weighted by atomic mass is 32.1. The number of carbonyl (C=O) groups excluding carboxylic acids is 1. The number of aryl methyl sites for hydroxylation is 1. The van der Waals surface area contributed by atoms with Gasteiger partial charge in [0.15, 0.2) is 5.82 Å². The molecule has 1 aromatic carbocycles. The number of aromatic amines is 1. The summed E-state index contributed by atoms with van der Waals surface area (Å²) in [5, 5.41) is 11.2. The van der Waals surface area contributed by atoms with Crippen molar-refractivity contribution in [2.75, 3.05) is 5.32 Å². The third-order valence-electron chi connectivity index (χ3n) is 3.75. The molecule has 130 valence electrons. The van der Waals surface area contributed by atoms with Crippen LogP contribution in [0.5, 0.6) is 0 Å². The van der Waals surface area contributed by atoms with Crippen molar-refractivity contribution < 1.29 is 4.79 Å². The molecule has 0 saturated carbocycles. The fraction of sp³-hybridized carbons (Fsp3) is 0.316. The Morgan fingerprint density at radius 1 is 1.24 bits per heavy atom. The molecule has 0 saturated heterocycles. The average molecular weight is 354 g/mol. The van der Waals surface area contributed by atoms with Crippen LogP contribution in [0.1, 0.15) is 37.0 Å². The molecule has 0 aliphatic carbocycles. The lowest BCUT2D eigenvalue weighted by molar-refractivity contribution is -0.123. The molecule has 0 spiro atoms. The highest BCUT2D eigenvalue weighted by Crippen LogP contribution is 2.35. The van der Waals surface area contributed by atoms with Gasteiger partial charge in [-0.05, 0) is 18.6 Å². The van der Waals surface area contributed by atoms with Crippen LogP contribution in [-0.2, 0) is 11.2 Å². The van der Waals surface area contributed by atoms with Gasteiger partial charge in [0.25, 0.3) is 0 Å². The average Bonchev–Trinajstić information content (AvgIpc) is 3.14. The molecule has 2 heterocycles. The third kappa shape index (κ3) is 4.14. The normalized spacial score (nSPS) is 11.5. The van der Waals surface area contributed by atoms with E-state index in [-0.39, 0.29) is 5.91 Å². The molecule has 2 N–H and O–H groups in total. The third-order valence-corrected chi connectivity index (χ3v) is 4.72. The predicted molar refractivity (Wildman–Crippen MR) is 102 cm³/mol. The van der Waals surface area contributed by atoms with Gasteiger partial charge in [-0.1, -0.05) is 51.1 Å². The zero-order valence-corrected chi connectivity index (χ0v) is 15.7. The molecule has 0 bridgehead atoms. The van der Waals surface area contributed by atoms with Crippen LogP contribution in [-0.4, -0.2) is 21.1 Å². The molecule has 0 aliphatic rings. The fourth-order valence-electron chi connectivity index (χ4n) is 2.35. The highest BCUT2D eigenvalue weighted by Gasteiger charge is 2.24. The molecule has 25 heavy (non-hydrogen) atoms. The van der Waals surface area contributed by atoms with Gasteiger partial charge >= 0.3 is 0 Å². The van der Waals surface area contributed by atoms with Crippen molar-refractivity contribution in [3.8, 4) is 11.4 Å². The first-order valence-electron chi connectivity index (χ1n) is 8.20. The first kappa shape index (κ1) is 17.4. The highest BCUT2D eigenvalue weighted by molar-refractivity contribution is 7.16. The number of H-pyrrole nitrogens is 1. The number of nitrogens with one attached hydrogen (secondary N) is 2. The molecule has 0 fully saturated rings. The Hall–Kier alpha value is -2.47. The maximum Gasteiger partial charge on any atom is 0.230 e. The topological polar surface area (TPSA) is 70.7 Å². The van der Waals surface area contributed by atoms with Gasteiger partial charge in [0.2, 0.25) is 5.91 Å². The lowest BCUT2D eigenvalue weighted by Gasteiger charge is -2.17. The number of benzene rings is 1. The van der Waals surface area contributed by atoms with Crippen LogP contribution in [0.3, 0.4) is 0 Å². The monoisotopic (exact) mass is 354 g/mol. The Labute approximate surface area is 151 Å². The summed E-state index contributed by atoms with van der Waals surface area (Å²) in [7, 11) is 0. The molecular formula is C19H22N4OS. The summed E-state index contributed by atoms with van der Waals surface area (Å²) in [5.74, 6) is 1.40. The molecule has 0 aliphatic heterocycles. The zero-order chi connectivity index (χ0) is 18.0.